The molecule has 0 spiro atoms. The van der Waals surface area contributed by atoms with E-state index in [0.29, 0.717) is 0 Å². The van der Waals surface area contributed by atoms with Crippen molar-refractivity contribution >= 4 is 28.3 Å². The molecule has 88 valence electrons. The Morgan fingerprint density at radius 2 is 2.06 bits per heavy atom. The van der Waals surface area contributed by atoms with Crippen LogP contribution in [0.1, 0.15) is 30.6 Å². The number of rotatable bonds is 2. The van der Waals surface area contributed by atoms with Gasteiger partial charge in [-0.15, -0.1) is 11.3 Å². The van der Waals surface area contributed by atoms with Crippen molar-refractivity contribution in [2.75, 3.05) is 13.1 Å². The molecule has 0 bridgehead atoms. The van der Waals surface area contributed by atoms with E-state index in [1.165, 1.54) is 42.3 Å². The van der Waals surface area contributed by atoms with Crippen LogP contribution in [0.25, 0.3) is 0 Å². The van der Waals surface area contributed by atoms with Crippen molar-refractivity contribution in [3.05, 3.63) is 22.4 Å². The Labute approximate surface area is 105 Å². The number of carbonyl (C=O) groups is 1. The third-order valence-corrected chi connectivity index (χ3v) is 4.80. The van der Waals surface area contributed by atoms with E-state index in [1.807, 2.05) is 11.0 Å². The smallest absolute Gasteiger partial charge is 0.281 e. The highest BCUT2D eigenvalue weighted by atomic mass is 32.2. The van der Waals surface area contributed by atoms with E-state index in [1.54, 1.807) is 11.3 Å². The normalized spacial score (nSPS) is 17.1. The zero-order valence-corrected chi connectivity index (χ0v) is 11.0. The van der Waals surface area contributed by atoms with E-state index in [9.17, 15) is 4.79 Å². The van der Waals surface area contributed by atoms with Crippen molar-refractivity contribution in [1.29, 1.82) is 0 Å². The molecule has 0 N–H and O–H groups in total. The van der Waals surface area contributed by atoms with Crippen LogP contribution < -0.4 is 0 Å². The first-order valence-corrected chi connectivity index (χ1v) is 7.67. The summed E-state index contributed by atoms with van der Waals surface area (Å²) >= 11 is 3.17. The average Bonchev–Trinajstić information content (AvgIpc) is 2.66. The molecule has 1 amide bonds. The van der Waals surface area contributed by atoms with Gasteiger partial charge in [0.05, 0.1) is 0 Å². The second kappa shape index (κ2) is 6.30. The highest BCUT2D eigenvalue weighted by molar-refractivity contribution is 8.12. The van der Waals surface area contributed by atoms with Gasteiger partial charge in [-0.25, -0.2) is 0 Å². The summed E-state index contributed by atoms with van der Waals surface area (Å²) in [5.74, 6) is 0.826. The molecule has 0 aromatic carbocycles. The highest BCUT2D eigenvalue weighted by Crippen LogP contribution is 2.21. The Morgan fingerprint density at radius 3 is 2.69 bits per heavy atom. The van der Waals surface area contributed by atoms with Crippen LogP contribution in [-0.2, 0) is 5.75 Å². The molecule has 1 aliphatic rings. The van der Waals surface area contributed by atoms with E-state index >= 15 is 0 Å². The van der Waals surface area contributed by atoms with Crippen LogP contribution in [0.2, 0.25) is 0 Å². The summed E-state index contributed by atoms with van der Waals surface area (Å²) < 4.78 is 0. The molecule has 2 rings (SSSR count). The Morgan fingerprint density at radius 1 is 1.31 bits per heavy atom. The summed E-state index contributed by atoms with van der Waals surface area (Å²) in [6, 6.07) is 4.13. The van der Waals surface area contributed by atoms with E-state index in [4.69, 9.17) is 0 Å². The Kier molecular flexibility index (Phi) is 4.72. The second-order valence-corrected chi connectivity index (χ2v) is 5.99. The fourth-order valence-corrected chi connectivity index (χ4v) is 3.54. The molecule has 2 heterocycles. The monoisotopic (exact) mass is 255 g/mol. The molecule has 2 nitrogen and oxygen atoms in total. The van der Waals surface area contributed by atoms with Gasteiger partial charge in [0.1, 0.15) is 0 Å². The first-order valence-electron chi connectivity index (χ1n) is 5.80. The number of carbonyl (C=O) groups excluding carboxylic acids is 1. The molecular weight excluding hydrogens is 238 g/mol. The lowest BCUT2D eigenvalue weighted by atomic mass is 10.2. The maximum absolute atomic E-state index is 11.9. The predicted octanol–water partition coefficient (Wildman–Crippen LogP) is 3.98. The number of thiophene rings is 1. The average molecular weight is 255 g/mol. The summed E-state index contributed by atoms with van der Waals surface area (Å²) in [4.78, 5) is 15.2. The van der Waals surface area contributed by atoms with Gasteiger partial charge in [-0.3, -0.25) is 4.79 Å². The van der Waals surface area contributed by atoms with Crippen molar-refractivity contribution in [2.24, 2.45) is 0 Å². The van der Waals surface area contributed by atoms with E-state index < -0.39 is 0 Å². The second-order valence-electron chi connectivity index (χ2n) is 4.04. The van der Waals surface area contributed by atoms with E-state index in [2.05, 4.69) is 11.4 Å². The van der Waals surface area contributed by atoms with Gasteiger partial charge in [-0.05, 0) is 24.3 Å². The SMILES string of the molecule is O=C(SCc1cccs1)N1CCCCCC1. The lowest BCUT2D eigenvalue weighted by Crippen LogP contribution is -2.28. The minimum absolute atomic E-state index is 0.260. The van der Waals surface area contributed by atoms with Gasteiger partial charge in [0.2, 0.25) is 0 Å². The molecule has 0 unspecified atom stereocenters. The molecule has 1 fully saturated rings. The summed E-state index contributed by atoms with van der Waals surface area (Å²) in [5.41, 5.74) is 0. The number of amides is 1. The van der Waals surface area contributed by atoms with Gasteiger partial charge in [-0.1, -0.05) is 30.7 Å². The summed E-state index contributed by atoms with van der Waals surface area (Å²) in [6.45, 7) is 1.91. The number of likely N-dealkylation sites (tertiary alicyclic amines) is 1. The van der Waals surface area contributed by atoms with Gasteiger partial charge in [0.15, 0.2) is 0 Å². The standard InChI is InChI=1S/C12H17NOS2/c14-12(13-7-3-1-2-4-8-13)16-10-11-6-5-9-15-11/h5-6,9H,1-4,7-8,10H2. The van der Waals surface area contributed by atoms with Gasteiger partial charge in [0.25, 0.3) is 5.24 Å². The summed E-state index contributed by atoms with van der Waals surface area (Å²) in [7, 11) is 0. The minimum Gasteiger partial charge on any atom is -0.334 e. The van der Waals surface area contributed by atoms with Crippen molar-refractivity contribution < 1.29 is 4.79 Å². The van der Waals surface area contributed by atoms with E-state index in [-0.39, 0.29) is 5.24 Å². The highest BCUT2D eigenvalue weighted by Gasteiger charge is 2.15. The molecular formula is C12H17NOS2. The van der Waals surface area contributed by atoms with Crippen LogP contribution in [0, 0.1) is 0 Å². The van der Waals surface area contributed by atoms with Crippen LogP contribution in [0.5, 0.6) is 0 Å². The Balaban J connectivity index is 1.78. The van der Waals surface area contributed by atoms with Gasteiger partial charge < -0.3 is 4.90 Å². The molecule has 1 aliphatic heterocycles. The van der Waals surface area contributed by atoms with E-state index in [0.717, 1.165) is 18.8 Å². The predicted molar refractivity (Wildman–Crippen MR) is 71.1 cm³/mol. The lowest BCUT2D eigenvalue weighted by Gasteiger charge is -2.19. The molecule has 0 radical (unpaired) electrons. The van der Waals surface area contributed by atoms with Gasteiger partial charge >= 0.3 is 0 Å². The molecule has 1 saturated heterocycles. The van der Waals surface area contributed by atoms with Crippen molar-refractivity contribution in [2.45, 2.75) is 31.4 Å². The molecule has 0 aliphatic carbocycles. The van der Waals surface area contributed by atoms with Crippen molar-refractivity contribution in [1.82, 2.24) is 4.90 Å². The Bertz CT molecular complexity index is 316. The van der Waals surface area contributed by atoms with Crippen LogP contribution in [-0.4, -0.2) is 23.2 Å². The molecule has 1 aromatic rings. The number of hydrogen-bond donors (Lipinski definition) is 0. The zero-order chi connectivity index (χ0) is 11.2. The quantitative estimate of drug-likeness (QED) is 0.796. The summed E-state index contributed by atoms with van der Waals surface area (Å²) in [5, 5.41) is 2.32. The zero-order valence-electron chi connectivity index (χ0n) is 9.35. The van der Waals surface area contributed by atoms with Crippen molar-refractivity contribution in [3.8, 4) is 0 Å². The lowest BCUT2D eigenvalue weighted by molar-refractivity contribution is 0.225. The molecule has 4 heteroatoms. The number of thioether (sulfide) groups is 1. The molecule has 1 aromatic heterocycles. The van der Waals surface area contributed by atoms with Crippen LogP contribution in [0.4, 0.5) is 4.79 Å². The fraction of sp³-hybridized carbons (Fsp3) is 0.583. The first-order chi connectivity index (χ1) is 7.86. The van der Waals surface area contributed by atoms with Crippen molar-refractivity contribution in [3.63, 3.8) is 0 Å². The number of hydrogen-bond acceptors (Lipinski definition) is 3. The first kappa shape index (κ1) is 12.0. The summed E-state index contributed by atoms with van der Waals surface area (Å²) in [6.07, 6.45) is 4.90. The third-order valence-electron chi connectivity index (χ3n) is 2.78. The van der Waals surface area contributed by atoms with Crippen LogP contribution >= 0.6 is 23.1 Å². The third kappa shape index (κ3) is 3.52. The molecule has 16 heavy (non-hydrogen) atoms. The number of nitrogens with zero attached hydrogens (tertiary/aromatic N) is 1. The van der Waals surface area contributed by atoms with Crippen LogP contribution in [0.15, 0.2) is 17.5 Å². The molecule has 0 atom stereocenters. The maximum Gasteiger partial charge on any atom is 0.281 e. The maximum atomic E-state index is 11.9. The minimum atomic E-state index is 0.260. The molecule has 0 saturated carbocycles. The largest absolute Gasteiger partial charge is 0.334 e. The van der Waals surface area contributed by atoms with Gasteiger partial charge in [-0.2, -0.15) is 0 Å². The Hall–Kier alpha value is -0.480. The fourth-order valence-electron chi connectivity index (χ4n) is 1.87. The van der Waals surface area contributed by atoms with Gasteiger partial charge in [0, 0.05) is 23.7 Å². The topological polar surface area (TPSA) is 20.3 Å². The van der Waals surface area contributed by atoms with Crippen LogP contribution in [0.3, 0.4) is 0 Å².